The second kappa shape index (κ2) is 11.3. The Bertz CT molecular complexity index is 688. The van der Waals surface area contributed by atoms with Crippen LogP contribution in [0.25, 0.3) is 0 Å². The van der Waals surface area contributed by atoms with Gasteiger partial charge < -0.3 is 10.2 Å². The van der Waals surface area contributed by atoms with Gasteiger partial charge in [0.25, 0.3) is 0 Å². The monoisotopic (exact) mass is 368 g/mol. The molecule has 0 amide bonds. The largest absolute Gasteiger partial charge is 0.481 e. The van der Waals surface area contributed by atoms with Gasteiger partial charge in [0, 0.05) is 18.3 Å². The summed E-state index contributed by atoms with van der Waals surface area (Å²) in [5, 5.41) is 18.8. The maximum Gasteiger partial charge on any atom is 0.303 e. The number of aliphatic hydroxyl groups is 1. The minimum atomic E-state index is -0.783. The average molecular weight is 368 g/mol. The van der Waals surface area contributed by atoms with Gasteiger partial charge in [-0.1, -0.05) is 60.7 Å². The van der Waals surface area contributed by atoms with Crippen molar-refractivity contribution in [3.63, 3.8) is 0 Å². The second-order valence-corrected chi connectivity index (χ2v) is 6.91. The van der Waals surface area contributed by atoms with Crippen LogP contribution in [0.5, 0.6) is 0 Å². The van der Waals surface area contributed by atoms with Crippen LogP contribution in [0.3, 0.4) is 0 Å². The van der Waals surface area contributed by atoms with E-state index in [-0.39, 0.29) is 24.0 Å². The lowest BCUT2D eigenvalue weighted by Gasteiger charge is -2.13. The molecule has 0 saturated heterocycles. The van der Waals surface area contributed by atoms with E-state index in [0.717, 1.165) is 6.42 Å². The van der Waals surface area contributed by atoms with E-state index in [4.69, 9.17) is 5.11 Å². The van der Waals surface area contributed by atoms with Crippen molar-refractivity contribution in [2.24, 2.45) is 11.8 Å². The summed E-state index contributed by atoms with van der Waals surface area (Å²) < 4.78 is 0. The molecule has 2 N–H and O–H groups in total. The smallest absolute Gasteiger partial charge is 0.303 e. The Morgan fingerprint density at radius 2 is 1.96 bits per heavy atom. The lowest BCUT2D eigenvalue weighted by Crippen LogP contribution is -2.14. The molecule has 4 heteroatoms. The van der Waals surface area contributed by atoms with Gasteiger partial charge in [0.1, 0.15) is 0 Å². The number of aliphatic carboxylic acids is 1. The van der Waals surface area contributed by atoms with E-state index in [1.165, 1.54) is 5.56 Å². The highest BCUT2D eigenvalue weighted by atomic mass is 16.4. The molecule has 0 saturated carbocycles. The van der Waals surface area contributed by atoms with Gasteiger partial charge in [0.15, 0.2) is 5.78 Å². The number of carbonyl (C=O) groups excluding carboxylic acids is 1. The van der Waals surface area contributed by atoms with Gasteiger partial charge >= 0.3 is 5.97 Å². The molecule has 0 aliphatic heterocycles. The van der Waals surface area contributed by atoms with Crippen molar-refractivity contribution in [1.29, 1.82) is 0 Å². The highest BCUT2D eigenvalue weighted by Crippen LogP contribution is 2.27. The number of carboxylic acids is 1. The van der Waals surface area contributed by atoms with E-state index < -0.39 is 12.1 Å². The number of allylic oxidation sites excluding steroid dienone is 5. The molecule has 27 heavy (non-hydrogen) atoms. The summed E-state index contributed by atoms with van der Waals surface area (Å²) in [6, 6.07) is 10.1. The van der Waals surface area contributed by atoms with E-state index >= 15 is 0 Å². The fourth-order valence-electron chi connectivity index (χ4n) is 3.17. The summed E-state index contributed by atoms with van der Waals surface area (Å²) in [5.41, 5.74) is 1.20. The zero-order valence-corrected chi connectivity index (χ0v) is 15.5. The first-order valence-electron chi connectivity index (χ1n) is 9.55. The minimum Gasteiger partial charge on any atom is -0.481 e. The van der Waals surface area contributed by atoms with Crippen molar-refractivity contribution in [2.45, 2.75) is 44.6 Å². The topological polar surface area (TPSA) is 74.6 Å². The van der Waals surface area contributed by atoms with Gasteiger partial charge in [-0.25, -0.2) is 0 Å². The van der Waals surface area contributed by atoms with Crippen molar-refractivity contribution in [2.75, 3.05) is 0 Å². The van der Waals surface area contributed by atoms with Crippen molar-refractivity contribution in [3.05, 3.63) is 72.4 Å². The molecule has 0 spiro atoms. The Balaban J connectivity index is 1.76. The van der Waals surface area contributed by atoms with E-state index in [9.17, 15) is 14.7 Å². The van der Waals surface area contributed by atoms with Gasteiger partial charge in [-0.2, -0.15) is 0 Å². The molecule has 0 aromatic heterocycles. The Labute approximate surface area is 160 Å². The van der Waals surface area contributed by atoms with Crippen LogP contribution in [-0.4, -0.2) is 28.1 Å². The molecule has 3 atom stereocenters. The zero-order valence-electron chi connectivity index (χ0n) is 15.5. The molecule has 1 aromatic carbocycles. The molecule has 0 bridgehead atoms. The van der Waals surface area contributed by atoms with E-state index in [1.54, 1.807) is 12.2 Å². The first-order chi connectivity index (χ1) is 13.1. The second-order valence-electron chi connectivity index (χ2n) is 6.91. The van der Waals surface area contributed by atoms with Crippen LogP contribution >= 0.6 is 0 Å². The zero-order chi connectivity index (χ0) is 19.5. The molecular formula is C23H28O4. The number of aliphatic hydroxyl groups excluding tert-OH is 1. The molecule has 0 fully saturated rings. The third-order valence-corrected chi connectivity index (χ3v) is 4.76. The first kappa shape index (κ1) is 20.8. The van der Waals surface area contributed by atoms with Gasteiger partial charge in [0.2, 0.25) is 0 Å². The third kappa shape index (κ3) is 7.75. The molecule has 0 unspecified atom stereocenters. The quantitative estimate of drug-likeness (QED) is 0.455. The number of ketones is 1. The molecule has 1 aliphatic carbocycles. The maximum atomic E-state index is 12.1. The first-order valence-corrected chi connectivity index (χ1v) is 9.55. The molecular weight excluding hydrogens is 340 g/mol. The van der Waals surface area contributed by atoms with Crippen LogP contribution < -0.4 is 0 Å². The third-order valence-electron chi connectivity index (χ3n) is 4.76. The minimum absolute atomic E-state index is 0.00699. The summed E-state index contributed by atoms with van der Waals surface area (Å²) in [6.45, 7) is 0. The molecule has 4 nitrogen and oxygen atoms in total. The maximum absolute atomic E-state index is 12.1. The fraction of sp³-hybridized carbons (Fsp3) is 0.391. The number of carboxylic acid groups (broad SMARTS) is 1. The molecule has 1 aliphatic rings. The number of carbonyl (C=O) groups is 2. The lowest BCUT2D eigenvalue weighted by atomic mass is 9.90. The predicted octanol–water partition coefficient (Wildman–Crippen LogP) is 4.11. The molecule has 144 valence electrons. The highest BCUT2D eigenvalue weighted by molar-refractivity contribution is 5.95. The predicted molar refractivity (Wildman–Crippen MR) is 106 cm³/mol. The summed E-state index contributed by atoms with van der Waals surface area (Å²) in [5.74, 6) is -0.793. The van der Waals surface area contributed by atoms with Gasteiger partial charge in [-0.3, -0.25) is 9.59 Å². The summed E-state index contributed by atoms with van der Waals surface area (Å²) in [6.07, 6.45) is 14.2. The van der Waals surface area contributed by atoms with Crippen molar-refractivity contribution in [1.82, 2.24) is 0 Å². The highest BCUT2D eigenvalue weighted by Gasteiger charge is 2.27. The van der Waals surface area contributed by atoms with E-state index in [0.29, 0.717) is 25.7 Å². The Morgan fingerprint density at radius 3 is 2.70 bits per heavy atom. The fourth-order valence-corrected chi connectivity index (χ4v) is 3.17. The number of rotatable bonds is 11. The van der Waals surface area contributed by atoms with Crippen LogP contribution in [0.15, 0.2) is 66.8 Å². The van der Waals surface area contributed by atoms with Crippen LogP contribution in [0.4, 0.5) is 0 Å². The van der Waals surface area contributed by atoms with Crippen LogP contribution in [0.1, 0.15) is 37.7 Å². The van der Waals surface area contributed by atoms with Crippen molar-refractivity contribution < 1.29 is 19.8 Å². The van der Waals surface area contributed by atoms with Crippen molar-refractivity contribution in [3.8, 4) is 0 Å². The number of benzene rings is 1. The average Bonchev–Trinajstić information content (AvgIpc) is 3.01. The number of hydrogen-bond acceptors (Lipinski definition) is 3. The Morgan fingerprint density at radius 1 is 1.19 bits per heavy atom. The number of hydrogen-bond donors (Lipinski definition) is 2. The van der Waals surface area contributed by atoms with Gasteiger partial charge in [-0.05, 0) is 43.7 Å². The molecule has 0 radical (unpaired) electrons. The van der Waals surface area contributed by atoms with Crippen LogP contribution in [0, 0.1) is 11.8 Å². The standard InChI is InChI=1S/C23H28O4/c24-20(15-12-18-8-4-3-5-9-18)16-13-19-14-17-22(25)21(19)10-6-1-2-7-11-23(26)27/h1,3-6,8-9,13-14,16-17,19-21,24H,2,7,10-12,15H2,(H,26,27)/b6-1-,16-13+/t19-,20-,21+/m0/s1. The summed E-state index contributed by atoms with van der Waals surface area (Å²) >= 11 is 0. The SMILES string of the molecule is O=C(O)CCC/C=C\C[C@H]1C(=O)C=C[C@@H]1/C=C/[C@@H](O)CCc1ccccc1. The van der Waals surface area contributed by atoms with Crippen molar-refractivity contribution >= 4 is 11.8 Å². The number of aryl methyl sites for hydroxylation is 1. The summed E-state index contributed by atoms with van der Waals surface area (Å²) in [7, 11) is 0. The number of unbranched alkanes of at least 4 members (excludes halogenated alkanes) is 1. The molecule has 0 heterocycles. The lowest BCUT2D eigenvalue weighted by molar-refractivity contribution is -0.137. The van der Waals surface area contributed by atoms with E-state index in [2.05, 4.69) is 0 Å². The molecule has 1 aromatic rings. The molecule has 2 rings (SSSR count). The van der Waals surface area contributed by atoms with Gasteiger partial charge in [-0.15, -0.1) is 0 Å². The van der Waals surface area contributed by atoms with E-state index in [1.807, 2.05) is 54.6 Å². The van der Waals surface area contributed by atoms with Crippen LogP contribution in [0.2, 0.25) is 0 Å². The summed E-state index contributed by atoms with van der Waals surface area (Å²) in [4.78, 5) is 22.5. The van der Waals surface area contributed by atoms with Crippen LogP contribution in [-0.2, 0) is 16.0 Å². The normalized spacial score (nSPS) is 20.7. The Kier molecular flexibility index (Phi) is 8.72. The van der Waals surface area contributed by atoms with Gasteiger partial charge in [0.05, 0.1) is 6.10 Å². The Hall–Kier alpha value is -2.46.